The lowest BCUT2D eigenvalue weighted by molar-refractivity contribution is 0.171. The highest BCUT2D eigenvalue weighted by atomic mass is 16.5. The van der Waals surface area contributed by atoms with E-state index in [4.69, 9.17) is 14.5 Å². The molecule has 3 rings (SSSR count). The lowest BCUT2D eigenvalue weighted by atomic mass is 10.1. The summed E-state index contributed by atoms with van der Waals surface area (Å²) in [5, 5.41) is 3.43. The molecule has 0 amide bonds. The minimum Gasteiger partial charge on any atom is -0.497 e. The topological polar surface area (TPSA) is 67.2 Å². The minimum atomic E-state index is 0.736. The number of rotatable bonds is 8. The van der Waals surface area contributed by atoms with Crippen LogP contribution in [0.4, 0.5) is 0 Å². The van der Waals surface area contributed by atoms with Crippen LogP contribution in [-0.2, 0) is 13.1 Å². The smallest absolute Gasteiger partial charge is 0.194 e. The summed E-state index contributed by atoms with van der Waals surface area (Å²) in [6.07, 6.45) is 5.59. The van der Waals surface area contributed by atoms with Crippen molar-refractivity contribution in [3.63, 3.8) is 0 Å². The van der Waals surface area contributed by atoms with E-state index in [1.165, 1.54) is 0 Å². The first-order valence-corrected chi connectivity index (χ1v) is 10.2. The van der Waals surface area contributed by atoms with E-state index in [1.807, 2.05) is 29.2 Å². The molecule has 1 fully saturated rings. The van der Waals surface area contributed by atoms with Gasteiger partial charge in [0.1, 0.15) is 11.5 Å². The van der Waals surface area contributed by atoms with Gasteiger partial charge in [-0.3, -0.25) is 9.89 Å². The Labute approximate surface area is 173 Å². The van der Waals surface area contributed by atoms with Crippen LogP contribution >= 0.6 is 0 Å². The van der Waals surface area contributed by atoms with Gasteiger partial charge in [-0.15, -0.1) is 0 Å². The van der Waals surface area contributed by atoms with Crippen LogP contribution in [0.1, 0.15) is 12.5 Å². The Morgan fingerprint density at radius 3 is 2.66 bits per heavy atom. The lowest BCUT2D eigenvalue weighted by Gasteiger charge is -2.36. The summed E-state index contributed by atoms with van der Waals surface area (Å²) in [4.78, 5) is 13.7. The molecular formula is C21H32N6O2. The standard InChI is InChI=1S/C21H32N6O2/c1-4-23-21(24-8-10-26-9-7-22-17-26)27-13-11-25(12-14-27)16-18-15-19(28-2)5-6-20(18)29-3/h5-7,9,15,17H,4,8,10-14,16H2,1-3H3,(H,23,24). The molecule has 29 heavy (non-hydrogen) atoms. The Bertz CT molecular complexity index is 769. The average Bonchev–Trinajstić information content (AvgIpc) is 3.27. The summed E-state index contributed by atoms with van der Waals surface area (Å²) in [6.45, 7) is 9.25. The van der Waals surface area contributed by atoms with Gasteiger partial charge in [-0.25, -0.2) is 4.98 Å². The highest BCUT2D eigenvalue weighted by molar-refractivity contribution is 5.80. The van der Waals surface area contributed by atoms with Crippen LogP contribution in [-0.4, -0.2) is 78.8 Å². The van der Waals surface area contributed by atoms with E-state index in [0.717, 1.165) is 75.4 Å². The number of guanidine groups is 1. The van der Waals surface area contributed by atoms with Crippen LogP contribution in [0.5, 0.6) is 11.5 Å². The predicted molar refractivity (Wildman–Crippen MR) is 115 cm³/mol. The molecule has 0 spiro atoms. The van der Waals surface area contributed by atoms with Crippen molar-refractivity contribution >= 4 is 5.96 Å². The van der Waals surface area contributed by atoms with Crippen LogP contribution in [0.15, 0.2) is 41.9 Å². The van der Waals surface area contributed by atoms with Gasteiger partial charge in [-0.05, 0) is 25.1 Å². The fraction of sp³-hybridized carbons (Fsp3) is 0.524. The lowest BCUT2D eigenvalue weighted by Crippen LogP contribution is -2.52. The third kappa shape index (κ3) is 5.87. The zero-order valence-corrected chi connectivity index (χ0v) is 17.7. The van der Waals surface area contributed by atoms with E-state index in [0.29, 0.717) is 0 Å². The van der Waals surface area contributed by atoms with E-state index in [2.05, 4.69) is 33.1 Å². The Balaban J connectivity index is 1.55. The van der Waals surface area contributed by atoms with E-state index >= 15 is 0 Å². The number of hydrogen-bond acceptors (Lipinski definition) is 5. The van der Waals surface area contributed by atoms with Crippen LogP contribution < -0.4 is 14.8 Å². The van der Waals surface area contributed by atoms with Crippen molar-refractivity contribution in [3.8, 4) is 11.5 Å². The molecule has 8 nitrogen and oxygen atoms in total. The van der Waals surface area contributed by atoms with Crippen molar-refractivity contribution in [2.75, 3.05) is 53.5 Å². The molecule has 0 bridgehead atoms. The van der Waals surface area contributed by atoms with Crippen LogP contribution in [0, 0.1) is 0 Å². The maximum Gasteiger partial charge on any atom is 0.194 e. The largest absolute Gasteiger partial charge is 0.497 e. The van der Waals surface area contributed by atoms with Gasteiger partial charge in [0.2, 0.25) is 0 Å². The summed E-state index contributed by atoms with van der Waals surface area (Å²) < 4.78 is 12.9. The van der Waals surface area contributed by atoms with Crippen molar-refractivity contribution in [2.24, 2.45) is 4.99 Å². The molecule has 1 aliphatic rings. The first-order chi connectivity index (χ1) is 14.2. The molecule has 1 aromatic heterocycles. The second-order valence-electron chi connectivity index (χ2n) is 6.98. The van der Waals surface area contributed by atoms with Crippen LogP contribution in [0.25, 0.3) is 0 Å². The summed E-state index contributed by atoms with van der Waals surface area (Å²) in [7, 11) is 3.41. The molecule has 158 valence electrons. The molecule has 0 radical (unpaired) electrons. The minimum absolute atomic E-state index is 0.736. The first kappa shape index (κ1) is 21.0. The third-order valence-corrected chi connectivity index (χ3v) is 5.07. The molecule has 1 aromatic carbocycles. The second kappa shape index (κ2) is 10.7. The highest BCUT2D eigenvalue weighted by Crippen LogP contribution is 2.25. The number of imidazole rings is 1. The fourth-order valence-electron chi connectivity index (χ4n) is 3.48. The maximum atomic E-state index is 5.52. The number of aromatic nitrogens is 2. The monoisotopic (exact) mass is 400 g/mol. The van der Waals surface area contributed by atoms with Crippen molar-refractivity contribution in [1.82, 2.24) is 24.7 Å². The van der Waals surface area contributed by atoms with E-state index in [1.54, 1.807) is 20.4 Å². The molecule has 0 saturated carbocycles. The molecule has 0 unspecified atom stereocenters. The summed E-state index contributed by atoms with van der Waals surface area (Å²) >= 11 is 0. The second-order valence-corrected chi connectivity index (χ2v) is 6.98. The highest BCUT2D eigenvalue weighted by Gasteiger charge is 2.20. The van der Waals surface area contributed by atoms with E-state index in [9.17, 15) is 0 Å². The molecule has 1 saturated heterocycles. The van der Waals surface area contributed by atoms with Gasteiger partial charge in [0.05, 0.1) is 27.1 Å². The number of ether oxygens (including phenoxy) is 2. The summed E-state index contributed by atoms with van der Waals surface area (Å²) in [5.74, 6) is 2.76. The molecule has 0 aliphatic carbocycles. The van der Waals surface area contributed by atoms with Crippen molar-refractivity contribution < 1.29 is 9.47 Å². The van der Waals surface area contributed by atoms with E-state index < -0.39 is 0 Å². The maximum absolute atomic E-state index is 5.52. The molecule has 1 aliphatic heterocycles. The molecular weight excluding hydrogens is 368 g/mol. The van der Waals surface area contributed by atoms with Gasteiger partial charge in [0.15, 0.2) is 5.96 Å². The van der Waals surface area contributed by atoms with Crippen molar-refractivity contribution in [3.05, 3.63) is 42.5 Å². The molecule has 2 heterocycles. The quantitative estimate of drug-likeness (QED) is 0.537. The van der Waals surface area contributed by atoms with Gasteiger partial charge in [-0.2, -0.15) is 0 Å². The molecule has 1 N–H and O–H groups in total. The first-order valence-electron chi connectivity index (χ1n) is 10.2. The van der Waals surface area contributed by atoms with Gasteiger partial charge >= 0.3 is 0 Å². The van der Waals surface area contributed by atoms with Crippen LogP contribution in [0.3, 0.4) is 0 Å². The fourth-order valence-corrected chi connectivity index (χ4v) is 3.48. The number of benzene rings is 1. The molecule has 8 heteroatoms. The van der Waals surface area contributed by atoms with E-state index in [-0.39, 0.29) is 0 Å². The number of methoxy groups -OCH3 is 2. The number of aliphatic imine (C=N–C) groups is 1. The van der Waals surface area contributed by atoms with Crippen molar-refractivity contribution in [1.29, 1.82) is 0 Å². The zero-order valence-electron chi connectivity index (χ0n) is 17.7. The SMILES string of the molecule is CCNC(=NCCn1ccnc1)N1CCN(Cc2cc(OC)ccc2OC)CC1. The normalized spacial score (nSPS) is 15.4. The summed E-state index contributed by atoms with van der Waals surface area (Å²) in [5.41, 5.74) is 1.15. The number of piperazine rings is 1. The number of nitrogens with zero attached hydrogens (tertiary/aromatic N) is 5. The Hall–Kier alpha value is -2.74. The Morgan fingerprint density at radius 2 is 2.00 bits per heavy atom. The van der Waals surface area contributed by atoms with Gasteiger partial charge in [0.25, 0.3) is 0 Å². The average molecular weight is 401 g/mol. The molecule has 2 aromatic rings. The number of nitrogens with one attached hydrogen (secondary N) is 1. The predicted octanol–water partition coefficient (Wildman–Crippen LogP) is 1.68. The Kier molecular flexibility index (Phi) is 7.75. The van der Waals surface area contributed by atoms with Gasteiger partial charge in [0, 0.05) is 63.8 Å². The third-order valence-electron chi connectivity index (χ3n) is 5.07. The van der Waals surface area contributed by atoms with Crippen LogP contribution in [0.2, 0.25) is 0 Å². The number of hydrogen-bond donors (Lipinski definition) is 1. The Morgan fingerprint density at radius 1 is 1.17 bits per heavy atom. The van der Waals surface area contributed by atoms with Gasteiger partial charge in [-0.1, -0.05) is 0 Å². The molecule has 0 atom stereocenters. The summed E-state index contributed by atoms with van der Waals surface area (Å²) in [6, 6.07) is 5.97. The van der Waals surface area contributed by atoms with Gasteiger partial charge < -0.3 is 24.3 Å². The van der Waals surface area contributed by atoms with Crippen molar-refractivity contribution in [2.45, 2.75) is 20.0 Å². The zero-order chi connectivity index (χ0) is 20.5.